The fourth-order valence-electron chi connectivity index (χ4n) is 3.98. The molecule has 1 aliphatic rings. The average Bonchev–Trinajstić information content (AvgIpc) is 2.65. The first kappa shape index (κ1) is 21.6. The van der Waals surface area contributed by atoms with Gasteiger partial charge in [0.05, 0.1) is 12.1 Å². The number of carbonyl (C=O) groups excluding carboxylic acids is 1. The Morgan fingerprint density at radius 2 is 2.14 bits per heavy atom. The van der Waals surface area contributed by atoms with Crippen LogP contribution in [-0.2, 0) is 0 Å². The number of benzene rings is 1. The molecule has 29 heavy (non-hydrogen) atoms. The lowest BCUT2D eigenvalue weighted by atomic mass is 9.98. The number of hydrogen-bond donors (Lipinski definition) is 1. The molecular weight excluding hydrogens is 379 g/mol. The van der Waals surface area contributed by atoms with Gasteiger partial charge in [-0.2, -0.15) is 0 Å². The molecule has 0 aliphatic carbocycles. The van der Waals surface area contributed by atoms with Gasteiger partial charge >= 0.3 is 0 Å². The lowest BCUT2D eigenvalue weighted by Gasteiger charge is -2.33. The second-order valence-electron chi connectivity index (χ2n) is 8.28. The molecule has 2 atom stereocenters. The van der Waals surface area contributed by atoms with Crippen molar-refractivity contribution in [3.63, 3.8) is 0 Å². The molecule has 0 spiro atoms. The van der Waals surface area contributed by atoms with Crippen LogP contribution in [0.25, 0.3) is 10.9 Å². The van der Waals surface area contributed by atoms with Gasteiger partial charge in [-0.05, 0) is 57.3 Å². The topological polar surface area (TPSA) is 45.2 Å². The number of aromatic nitrogens is 1. The lowest BCUT2D eigenvalue weighted by Crippen LogP contribution is -2.43. The maximum absolute atomic E-state index is 13.7. The van der Waals surface area contributed by atoms with Gasteiger partial charge < -0.3 is 5.32 Å². The van der Waals surface area contributed by atoms with Gasteiger partial charge in [0.1, 0.15) is 11.3 Å². The van der Waals surface area contributed by atoms with Crippen molar-refractivity contribution in [2.45, 2.75) is 51.5 Å². The van der Waals surface area contributed by atoms with E-state index in [9.17, 15) is 18.0 Å². The Hall–Kier alpha value is -2.15. The summed E-state index contributed by atoms with van der Waals surface area (Å²) in [6, 6.07) is 6.21. The quantitative estimate of drug-likeness (QED) is 0.727. The number of amides is 1. The minimum Gasteiger partial charge on any atom is -0.350 e. The van der Waals surface area contributed by atoms with E-state index in [4.69, 9.17) is 0 Å². The number of para-hydroxylation sites is 1. The van der Waals surface area contributed by atoms with Gasteiger partial charge in [-0.25, -0.2) is 13.2 Å². The Labute approximate surface area is 169 Å². The predicted molar refractivity (Wildman–Crippen MR) is 108 cm³/mol. The molecule has 0 bridgehead atoms. The van der Waals surface area contributed by atoms with Gasteiger partial charge in [0.25, 0.3) is 11.8 Å². The van der Waals surface area contributed by atoms with Crippen molar-refractivity contribution < 1.29 is 18.0 Å². The number of alkyl halides is 2. The van der Waals surface area contributed by atoms with Crippen molar-refractivity contribution in [3.8, 4) is 0 Å². The van der Waals surface area contributed by atoms with Crippen LogP contribution in [0.1, 0.15) is 49.9 Å². The van der Waals surface area contributed by atoms with Crippen LogP contribution in [-0.4, -0.2) is 47.4 Å². The summed E-state index contributed by atoms with van der Waals surface area (Å²) in [4.78, 5) is 18.4. The number of rotatable bonds is 7. The number of hydrogen-bond acceptors (Lipinski definition) is 3. The third-order valence-corrected chi connectivity index (χ3v) is 5.47. The molecule has 1 aromatic heterocycles. The summed E-state index contributed by atoms with van der Waals surface area (Å²) < 4.78 is 40.7. The van der Waals surface area contributed by atoms with E-state index in [0.29, 0.717) is 29.8 Å². The molecule has 1 N–H and O–H groups in total. The number of likely N-dealkylation sites (tertiary alicyclic amines) is 1. The van der Waals surface area contributed by atoms with Crippen molar-refractivity contribution in [1.82, 2.24) is 15.2 Å². The number of carbonyl (C=O) groups is 1. The van der Waals surface area contributed by atoms with E-state index in [0.717, 1.165) is 19.4 Å². The van der Waals surface area contributed by atoms with Crippen molar-refractivity contribution in [3.05, 3.63) is 41.8 Å². The van der Waals surface area contributed by atoms with E-state index in [1.165, 1.54) is 12.3 Å². The zero-order chi connectivity index (χ0) is 21.0. The summed E-state index contributed by atoms with van der Waals surface area (Å²) in [5, 5.41) is 3.53. The van der Waals surface area contributed by atoms with E-state index in [1.807, 2.05) is 11.8 Å². The summed E-state index contributed by atoms with van der Waals surface area (Å²) >= 11 is 0. The van der Waals surface area contributed by atoms with Crippen LogP contribution in [0.5, 0.6) is 0 Å². The summed E-state index contributed by atoms with van der Waals surface area (Å²) in [5.41, 5.74) is 0.632. The molecule has 0 radical (unpaired) electrons. The van der Waals surface area contributed by atoms with E-state index >= 15 is 0 Å². The Morgan fingerprint density at radius 3 is 2.90 bits per heavy atom. The highest BCUT2D eigenvalue weighted by molar-refractivity contribution is 5.97. The third-order valence-electron chi connectivity index (χ3n) is 5.47. The average molecular weight is 407 g/mol. The minimum absolute atomic E-state index is 0.0155. The number of pyridine rings is 1. The largest absolute Gasteiger partial charge is 0.350 e. The van der Waals surface area contributed by atoms with E-state index in [2.05, 4.69) is 17.2 Å². The SMILES string of the molecule is CC(CCN1CCCC(F)(F)C1)C[C@@H](C)NC(=O)c1cnc2c(F)cccc2c1. The first-order chi connectivity index (χ1) is 13.7. The highest BCUT2D eigenvalue weighted by atomic mass is 19.3. The number of piperidine rings is 1. The summed E-state index contributed by atoms with van der Waals surface area (Å²) in [6.07, 6.45) is 3.47. The molecule has 0 saturated carbocycles. The van der Waals surface area contributed by atoms with E-state index in [-0.39, 0.29) is 30.4 Å². The van der Waals surface area contributed by atoms with Gasteiger partial charge in [0.15, 0.2) is 0 Å². The second kappa shape index (κ2) is 9.11. The lowest BCUT2D eigenvalue weighted by molar-refractivity contribution is -0.0647. The third kappa shape index (κ3) is 5.92. The molecule has 7 heteroatoms. The number of nitrogens with one attached hydrogen (secondary N) is 1. The fourth-order valence-corrected chi connectivity index (χ4v) is 3.98. The van der Waals surface area contributed by atoms with Gasteiger partial charge in [-0.1, -0.05) is 19.1 Å². The molecule has 1 aliphatic heterocycles. The van der Waals surface area contributed by atoms with Crippen molar-refractivity contribution in [2.24, 2.45) is 5.92 Å². The zero-order valence-electron chi connectivity index (χ0n) is 16.9. The Bertz CT molecular complexity index is 858. The van der Waals surface area contributed by atoms with Crippen LogP contribution >= 0.6 is 0 Å². The summed E-state index contributed by atoms with van der Waals surface area (Å²) in [5.74, 6) is -2.94. The van der Waals surface area contributed by atoms with Crippen molar-refractivity contribution in [2.75, 3.05) is 19.6 Å². The first-order valence-electron chi connectivity index (χ1n) is 10.2. The maximum atomic E-state index is 13.7. The molecule has 1 amide bonds. The monoisotopic (exact) mass is 407 g/mol. The van der Waals surface area contributed by atoms with Crippen molar-refractivity contribution in [1.29, 1.82) is 0 Å². The van der Waals surface area contributed by atoms with Gasteiger partial charge in [0, 0.05) is 24.0 Å². The van der Waals surface area contributed by atoms with Crippen molar-refractivity contribution >= 4 is 16.8 Å². The van der Waals surface area contributed by atoms with Crippen LogP contribution in [0.4, 0.5) is 13.2 Å². The normalized spacial score (nSPS) is 19.1. The smallest absolute Gasteiger partial charge is 0.260 e. The van der Waals surface area contributed by atoms with Crippen LogP contribution in [0.15, 0.2) is 30.5 Å². The molecule has 3 rings (SSSR count). The molecule has 158 valence electrons. The molecule has 1 unspecified atom stereocenters. The van der Waals surface area contributed by atoms with Gasteiger partial charge in [-0.15, -0.1) is 0 Å². The van der Waals surface area contributed by atoms with E-state index in [1.54, 1.807) is 18.2 Å². The molecule has 1 saturated heterocycles. The minimum atomic E-state index is -2.57. The van der Waals surface area contributed by atoms with Gasteiger partial charge in [0.2, 0.25) is 0 Å². The summed E-state index contributed by atoms with van der Waals surface area (Å²) in [7, 11) is 0. The molecule has 1 aromatic carbocycles. The fraction of sp³-hybridized carbons (Fsp3) is 0.545. The Balaban J connectivity index is 1.48. The van der Waals surface area contributed by atoms with Crippen LogP contribution in [0, 0.1) is 11.7 Å². The van der Waals surface area contributed by atoms with E-state index < -0.39 is 11.7 Å². The molecule has 2 heterocycles. The van der Waals surface area contributed by atoms with Gasteiger partial charge in [-0.3, -0.25) is 14.7 Å². The highest BCUT2D eigenvalue weighted by Gasteiger charge is 2.34. The second-order valence-corrected chi connectivity index (χ2v) is 8.28. The van der Waals surface area contributed by atoms with Crippen LogP contribution in [0.3, 0.4) is 0 Å². The van der Waals surface area contributed by atoms with Crippen LogP contribution < -0.4 is 5.32 Å². The Morgan fingerprint density at radius 1 is 1.34 bits per heavy atom. The molecule has 4 nitrogen and oxygen atoms in total. The molecule has 2 aromatic rings. The number of fused-ring (bicyclic) bond motifs is 1. The predicted octanol–water partition coefficient (Wildman–Crippen LogP) is 4.64. The standard InChI is InChI=1S/C22H28F3N3O/c1-15(7-10-28-9-4-8-22(24,25)14-28)11-16(2)27-21(29)18-12-17-5-3-6-19(23)20(17)26-13-18/h3,5-6,12-13,15-16H,4,7-11,14H2,1-2H3,(H,27,29)/t15?,16-/m1/s1. The molecule has 1 fully saturated rings. The summed E-state index contributed by atoms with van der Waals surface area (Å²) in [6.45, 7) is 5.23. The van der Waals surface area contributed by atoms with Crippen LogP contribution in [0.2, 0.25) is 0 Å². The highest BCUT2D eigenvalue weighted by Crippen LogP contribution is 2.27. The zero-order valence-corrected chi connectivity index (χ0v) is 16.9. The first-order valence-corrected chi connectivity index (χ1v) is 10.2. The molecular formula is C22H28F3N3O. The Kier molecular flexibility index (Phi) is 6.77. The maximum Gasteiger partial charge on any atom is 0.260 e. The number of nitrogens with zero attached hydrogens (tertiary/aromatic N) is 2. The number of halogens is 3.